The van der Waals surface area contributed by atoms with Crippen molar-refractivity contribution >= 4 is 44.6 Å². The van der Waals surface area contributed by atoms with Gasteiger partial charge in [-0.2, -0.15) is 0 Å². The van der Waals surface area contributed by atoms with E-state index in [2.05, 4.69) is 0 Å². The molecule has 208 valence electrons. The Hall–Kier alpha value is -2.43. The summed E-state index contributed by atoms with van der Waals surface area (Å²) in [6.45, 7) is 2.79. The molecule has 0 spiro atoms. The molecule has 1 aliphatic heterocycles. The predicted molar refractivity (Wildman–Crippen MR) is 139 cm³/mol. The van der Waals surface area contributed by atoms with Crippen LogP contribution in [-0.4, -0.2) is 102 Å². The van der Waals surface area contributed by atoms with E-state index < -0.39 is 82.6 Å². The van der Waals surface area contributed by atoms with Crippen LogP contribution >= 0.6 is 0 Å². The molecule has 1 saturated heterocycles. The first-order valence-corrected chi connectivity index (χ1v) is 12.2. The molecule has 0 bridgehead atoms. The van der Waals surface area contributed by atoms with Crippen LogP contribution in [0.15, 0.2) is 18.2 Å². The summed E-state index contributed by atoms with van der Waals surface area (Å²) in [5.41, 5.74) is 2.97. The van der Waals surface area contributed by atoms with Gasteiger partial charge in [-0.1, -0.05) is 12.1 Å². The van der Waals surface area contributed by atoms with Crippen LogP contribution in [0.5, 0.6) is 17.2 Å². The number of phenolic OH excluding ortho intramolecular Hbond substituents is 2. The summed E-state index contributed by atoms with van der Waals surface area (Å²) in [6, 6.07) is 3.75. The van der Waals surface area contributed by atoms with Crippen molar-refractivity contribution in [3.8, 4) is 17.2 Å². The molecule has 1 heterocycles. The first kappa shape index (κ1) is 29.6. The first-order valence-electron chi connectivity index (χ1n) is 12.2. The van der Waals surface area contributed by atoms with Crippen LogP contribution < -0.4 is 10.5 Å². The molecule has 6 atom stereocenters. The molecule has 39 heavy (non-hydrogen) atoms. The summed E-state index contributed by atoms with van der Waals surface area (Å²) in [4.78, 5) is 39.6. The summed E-state index contributed by atoms with van der Waals surface area (Å²) >= 11 is 0. The third-order valence-electron chi connectivity index (χ3n) is 7.80. The average Bonchev–Trinajstić information content (AvgIpc) is 2.87. The first-order chi connectivity index (χ1) is 17.9. The van der Waals surface area contributed by atoms with Gasteiger partial charge in [0.15, 0.2) is 17.9 Å². The van der Waals surface area contributed by atoms with Gasteiger partial charge in [0.2, 0.25) is 5.78 Å². The third-order valence-corrected chi connectivity index (χ3v) is 7.80. The molecule has 0 unspecified atom stereocenters. The number of rotatable bonds is 4. The number of carbonyl (C=O) groups is 3. The summed E-state index contributed by atoms with van der Waals surface area (Å²) in [7, 11) is 1.34. The van der Waals surface area contributed by atoms with Gasteiger partial charge in [0.05, 0.1) is 42.1 Å². The van der Waals surface area contributed by atoms with Crippen molar-refractivity contribution in [3.63, 3.8) is 0 Å². The number of phenols is 2. The van der Waals surface area contributed by atoms with Crippen LogP contribution in [0.25, 0.3) is 0 Å². The fourth-order valence-corrected chi connectivity index (χ4v) is 5.66. The number of ketones is 3. The molecular weight excluding hydrogens is 705 g/mol. The van der Waals surface area contributed by atoms with Crippen molar-refractivity contribution < 1.29 is 49.0 Å². The van der Waals surface area contributed by atoms with E-state index in [-0.39, 0.29) is 68.1 Å². The molecule has 1 fully saturated rings. The van der Waals surface area contributed by atoms with E-state index in [4.69, 9.17) is 19.9 Å². The fraction of sp³-hybridized carbons (Fsp3) is 0.444. The van der Waals surface area contributed by atoms with Gasteiger partial charge in [-0.15, -0.1) is 0 Å². The van der Waals surface area contributed by atoms with Gasteiger partial charge in [-0.3, -0.25) is 14.4 Å². The molecule has 0 aromatic heterocycles. The number of fused-ring (bicyclic) bond motifs is 3. The van der Waals surface area contributed by atoms with Crippen molar-refractivity contribution in [2.75, 3.05) is 7.11 Å². The molecule has 11 nitrogen and oxygen atoms in total. The number of carbonyl (C=O) groups excluding carboxylic acids is 3. The van der Waals surface area contributed by atoms with Crippen LogP contribution in [0.4, 0.5) is 0 Å². The maximum atomic E-state index is 13.6. The molecule has 0 amide bonds. The second-order valence-corrected chi connectivity index (χ2v) is 10.1. The normalized spacial score (nSPS) is 29.5. The zero-order chi connectivity index (χ0) is 27.7. The Balaban J connectivity index is 0.00000353. The Morgan fingerprint density at radius 2 is 1.79 bits per heavy atom. The summed E-state index contributed by atoms with van der Waals surface area (Å²) < 4.78 is 17.1. The third kappa shape index (κ3) is 4.58. The quantitative estimate of drug-likeness (QED) is 0.181. The van der Waals surface area contributed by atoms with Crippen LogP contribution in [0.3, 0.4) is 0 Å². The second-order valence-electron chi connectivity index (χ2n) is 10.1. The van der Waals surface area contributed by atoms with E-state index in [1.807, 2.05) is 0 Å². The zero-order valence-electron chi connectivity index (χ0n) is 21.8. The number of aliphatic hydroxyl groups excluding tert-OH is 1. The van der Waals surface area contributed by atoms with Crippen molar-refractivity contribution in [1.82, 2.24) is 0 Å². The van der Waals surface area contributed by atoms with E-state index in [0.717, 1.165) is 0 Å². The van der Waals surface area contributed by atoms with Crippen molar-refractivity contribution in [1.29, 1.82) is 0 Å². The fourth-order valence-electron chi connectivity index (χ4n) is 5.66. The number of Topliss-reactive ketones (excluding diaryl/α,β-unsaturated/α-hetero) is 1. The van der Waals surface area contributed by atoms with Crippen molar-refractivity contribution in [2.24, 2.45) is 5.73 Å². The minimum absolute atomic E-state index is 0. The molecule has 2 aliphatic carbocycles. The summed E-state index contributed by atoms with van der Waals surface area (Å²) in [5, 5.41) is 44.1. The zero-order valence-corrected chi connectivity index (χ0v) is 27.3. The predicted octanol–water partition coefficient (Wildman–Crippen LogP) is 0.113. The van der Waals surface area contributed by atoms with Crippen LogP contribution in [0, 0.1) is 0 Å². The van der Waals surface area contributed by atoms with Gasteiger partial charge in [0.1, 0.15) is 22.8 Å². The molecule has 5 rings (SSSR count). The van der Waals surface area contributed by atoms with Crippen molar-refractivity contribution in [3.05, 3.63) is 51.6 Å². The van der Waals surface area contributed by atoms with E-state index in [0.29, 0.717) is 0 Å². The van der Waals surface area contributed by atoms with E-state index in [1.165, 1.54) is 32.2 Å². The summed E-state index contributed by atoms with van der Waals surface area (Å²) in [5.74, 6) is -3.18. The molecule has 12 heteroatoms. The maximum absolute atomic E-state index is 13.6. The average molecular weight is 737 g/mol. The van der Waals surface area contributed by atoms with Gasteiger partial charge < -0.3 is 40.4 Å². The van der Waals surface area contributed by atoms with Crippen LogP contribution in [0.2, 0.25) is 0 Å². The van der Waals surface area contributed by atoms with Crippen LogP contribution in [0.1, 0.15) is 75.8 Å². The van der Waals surface area contributed by atoms with Gasteiger partial charge in [0.25, 0.3) is 0 Å². The SMILES string of the molecule is COc1cccc2c1C(=O)c1c(O)c3c(c(O)c1C2=O)C[C@@](O)(C(C)=O)C[C@@H]3O[C@H]1C[C@H](N)[C@H](O)[C@H](C)O1.[PbH2]. The van der Waals surface area contributed by atoms with Crippen molar-refractivity contribution in [2.45, 2.75) is 69.4 Å². The Labute approximate surface area is 244 Å². The number of nitrogens with two attached hydrogens (primary N) is 1. The number of hydrogen-bond acceptors (Lipinski definition) is 11. The topological polar surface area (TPSA) is 186 Å². The Kier molecular flexibility index (Phi) is 7.97. The van der Waals surface area contributed by atoms with Gasteiger partial charge >= 0.3 is 27.3 Å². The van der Waals surface area contributed by atoms with Gasteiger partial charge in [0, 0.05) is 42.0 Å². The Morgan fingerprint density at radius 3 is 2.41 bits per heavy atom. The minimum atomic E-state index is -2.00. The standard InChI is InChI=1S/C27H29NO10.Pb.2H/c1-10-22(30)14(28)7-17(37-10)38-16-9-27(35,11(2)29)8-13-19(16)26(34)21-20(24(13)32)23(31)12-5-4-6-15(36-3)18(12)25(21)33;;;/h4-6,10,14,16-17,22,30,32,34-35H,7-9,28H2,1-3H3;;;/t10-,14-,16-,17-,22+,27-;;;/m0.../s1. The van der Waals surface area contributed by atoms with E-state index in [1.54, 1.807) is 6.92 Å². The molecular formula is C27H31NO10Pb. The van der Waals surface area contributed by atoms with Crippen LogP contribution in [-0.2, 0) is 20.7 Å². The number of methoxy groups -OCH3 is 1. The number of hydrogen-bond donors (Lipinski definition) is 5. The Morgan fingerprint density at radius 1 is 1.13 bits per heavy atom. The number of aromatic hydroxyl groups is 2. The molecule has 2 aromatic carbocycles. The molecule has 6 N–H and O–H groups in total. The molecule has 2 aromatic rings. The van der Waals surface area contributed by atoms with E-state index in [9.17, 15) is 34.8 Å². The molecule has 2 radical (unpaired) electrons. The molecule has 3 aliphatic rings. The number of aliphatic hydroxyl groups is 2. The number of benzene rings is 2. The van der Waals surface area contributed by atoms with Gasteiger partial charge in [-0.25, -0.2) is 0 Å². The second kappa shape index (κ2) is 10.5. The number of ether oxygens (including phenoxy) is 3. The molecule has 0 saturated carbocycles. The summed E-state index contributed by atoms with van der Waals surface area (Å²) in [6.07, 6.45) is -4.53. The Bertz CT molecular complexity index is 1370. The van der Waals surface area contributed by atoms with E-state index >= 15 is 0 Å². The monoisotopic (exact) mass is 737 g/mol. The van der Waals surface area contributed by atoms with Gasteiger partial charge in [-0.05, 0) is 19.9 Å².